The zero-order chi connectivity index (χ0) is 22.7. The van der Waals surface area contributed by atoms with Gasteiger partial charge in [-0.1, -0.05) is 35.5 Å². The molecule has 0 spiro atoms. The Bertz CT molecular complexity index is 1130. The monoisotopic (exact) mass is 470 g/mol. The van der Waals surface area contributed by atoms with Gasteiger partial charge in [0.2, 0.25) is 0 Å². The molecule has 2 aromatic carbocycles. The molecule has 0 saturated carbocycles. The Morgan fingerprint density at radius 1 is 1.16 bits per heavy atom. The van der Waals surface area contributed by atoms with Crippen LogP contribution >= 0.6 is 23.4 Å². The summed E-state index contributed by atoms with van der Waals surface area (Å²) in [5, 5.41) is 9.71. The number of hydrogen-bond acceptors (Lipinski definition) is 6. The Kier molecular flexibility index (Phi) is 6.81. The number of carbonyl (C=O) groups is 2. The maximum atomic E-state index is 13.1. The van der Waals surface area contributed by atoms with Gasteiger partial charge in [0, 0.05) is 19.2 Å². The van der Waals surface area contributed by atoms with Gasteiger partial charge < -0.3 is 14.2 Å². The molecular formula is C23H23ClN4O3S. The molecule has 1 amide bonds. The first-order valence-corrected chi connectivity index (χ1v) is 11.6. The van der Waals surface area contributed by atoms with Crippen molar-refractivity contribution in [2.45, 2.75) is 24.0 Å². The van der Waals surface area contributed by atoms with E-state index in [2.05, 4.69) is 10.2 Å². The van der Waals surface area contributed by atoms with Crippen LogP contribution in [-0.4, -0.2) is 50.8 Å². The van der Waals surface area contributed by atoms with E-state index >= 15 is 0 Å². The number of hydrogen-bond donors (Lipinski definition) is 0. The highest BCUT2D eigenvalue weighted by molar-refractivity contribution is 7.99. The molecule has 1 saturated heterocycles. The molecular weight excluding hydrogens is 448 g/mol. The highest BCUT2D eigenvalue weighted by atomic mass is 35.5. The van der Waals surface area contributed by atoms with Crippen molar-refractivity contribution in [1.29, 1.82) is 0 Å². The van der Waals surface area contributed by atoms with Gasteiger partial charge in [0.1, 0.15) is 5.75 Å². The largest absolute Gasteiger partial charge is 0.497 e. The fraction of sp³-hybridized carbons (Fsp3) is 0.304. The van der Waals surface area contributed by atoms with Crippen molar-refractivity contribution >= 4 is 35.1 Å². The van der Waals surface area contributed by atoms with Crippen LogP contribution in [0.4, 0.5) is 0 Å². The number of likely N-dealkylation sites (tertiary alicyclic amines) is 1. The molecule has 1 unspecified atom stereocenters. The molecule has 4 rings (SSSR count). The van der Waals surface area contributed by atoms with Crippen LogP contribution in [0, 0.1) is 0 Å². The smallest absolute Gasteiger partial charge is 0.255 e. The minimum absolute atomic E-state index is 0.00130. The van der Waals surface area contributed by atoms with E-state index in [0.717, 1.165) is 12.8 Å². The number of ether oxygens (including phenoxy) is 1. The molecule has 1 aromatic heterocycles. The lowest BCUT2D eigenvalue weighted by atomic mass is 10.1. The summed E-state index contributed by atoms with van der Waals surface area (Å²) in [6.07, 6.45) is 1.68. The third kappa shape index (κ3) is 4.52. The van der Waals surface area contributed by atoms with Crippen LogP contribution in [0.3, 0.4) is 0 Å². The number of nitrogens with zero attached hydrogens (tertiary/aromatic N) is 4. The van der Waals surface area contributed by atoms with Gasteiger partial charge in [0.25, 0.3) is 5.91 Å². The number of benzene rings is 2. The zero-order valence-corrected chi connectivity index (χ0v) is 19.4. The molecule has 0 bridgehead atoms. The molecule has 0 aliphatic carbocycles. The second-order valence-electron chi connectivity index (χ2n) is 7.48. The van der Waals surface area contributed by atoms with Gasteiger partial charge in [-0.05, 0) is 49.2 Å². The first kappa shape index (κ1) is 22.4. The van der Waals surface area contributed by atoms with Crippen LogP contribution in [0.25, 0.3) is 0 Å². The van der Waals surface area contributed by atoms with Crippen molar-refractivity contribution in [3.63, 3.8) is 0 Å². The topological polar surface area (TPSA) is 77.3 Å². The van der Waals surface area contributed by atoms with Crippen LogP contribution in [0.1, 0.15) is 45.4 Å². The summed E-state index contributed by atoms with van der Waals surface area (Å²) in [5.74, 6) is 1.55. The Morgan fingerprint density at radius 2 is 1.91 bits per heavy atom. The van der Waals surface area contributed by atoms with Gasteiger partial charge in [-0.25, -0.2) is 0 Å². The Morgan fingerprint density at radius 3 is 2.62 bits per heavy atom. The van der Waals surface area contributed by atoms with Crippen LogP contribution in [0.15, 0.2) is 53.7 Å². The molecule has 32 heavy (non-hydrogen) atoms. The maximum Gasteiger partial charge on any atom is 0.255 e. The van der Waals surface area contributed by atoms with E-state index in [0.29, 0.717) is 39.4 Å². The first-order chi connectivity index (χ1) is 15.5. The zero-order valence-electron chi connectivity index (χ0n) is 17.8. The highest BCUT2D eigenvalue weighted by Crippen LogP contribution is 2.34. The maximum absolute atomic E-state index is 13.1. The van der Waals surface area contributed by atoms with E-state index < -0.39 is 0 Å². The van der Waals surface area contributed by atoms with Crippen molar-refractivity contribution in [2.24, 2.45) is 7.05 Å². The van der Waals surface area contributed by atoms with Gasteiger partial charge in [0.05, 0.1) is 29.5 Å². The summed E-state index contributed by atoms with van der Waals surface area (Å²) in [6.45, 7) is 0.639. The van der Waals surface area contributed by atoms with E-state index in [9.17, 15) is 9.59 Å². The van der Waals surface area contributed by atoms with Crippen molar-refractivity contribution in [2.75, 3.05) is 19.4 Å². The molecule has 1 atom stereocenters. The molecule has 1 fully saturated rings. The summed E-state index contributed by atoms with van der Waals surface area (Å²) < 4.78 is 7.00. The van der Waals surface area contributed by atoms with Gasteiger partial charge in [-0.2, -0.15) is 0 Å². The fourth-order valence-corrected chi connectivity index (χ4v) is 4.83. The number of thioether (sulfide) groups is 1. The van der Waals surface area contributed by atoms with Crippen LogP contribution in [0.2, 0.25) is 5.02 Å². The first-order valence-electron chi connectivity index (χ1n) is 10.2. The lowest BCUT2D eigenvalue weighted by molar-refractivity contribution is 0.0727. The van der Waals surface area contributed by atoms with Crippen molar-refractivity contribution < 1.29 is 14.3 Å². The third-order valence-corrected chi connectivity index (χ3v) is 6.88. The number of methoxy groups -OCH3 is 1. The minimum Gasteiger partial charge on any atom is -0.497 e. The number of rotatable bonds is 7. The molecule has 7 nitrogen and oxygen atoms in total. The van der Waals surface area contributed by atoms with Gasteiger partial charge >= 0.3 is 0 Å². The molecule has 9 heteroatoms. The summed E-state index contributed by atoms with van der Waals surface area (Å²) in [7, 11) is 3.46. The fourth-order valence-electron chi connectivity index (χ4n) is 3.80. The van der Waals surface area contributed by atoms with Crippen molar-refractivity contribution in [3.05, 3.63) is 70.5 Å². The summed E-state index contributed by atoms with van der Waals surface area (Å²) in [5.41, 5.74) is 1.11. The molecule has 3 aromatic rings. The van der Waals surface area contributed by atoms with Crippen molar-refractivity contribution in [3.8, 4) is 5.75 Å². The van der Waals surface area contributed by atoms with E-state index in [1.165, 1.54) is 11.8 Å². The van der Waals surface area contributed by atoms with Crippen LogP contribution in [0.5, 0.6) is 5.75 Å². The third-order valence-electron chi connectivity index (χ3n) is 5.53. The van der Waals surface area contributed by atoms with E-state index in [1.54, 1.807) is 55.6 Å². The number of Topliss-reactive ketones (excluding diaryl/α,β-unsaturated/α-hetero) is 1. The minimum atomic E-state index is -0.178. The van der Waals surface area contributed by atoms with Gasteiger partial charge in [-0.15, -0.1) is 10.2 Å². The predicted octanol–water partition coefficient (Wildman–Crippen LogP) is 4.43. The Labute approximate surface area is 195 Å². The SMILES string of the molecule is COc1ccc(C(=O)CSc2nnc(C3CCCN3C(=O)c3ccccc3Cl)n2C)cc1. The van der Waals surface area contributed by atoms with Crippen LogP contribution in [-0.2, 0) is 7.05 Å². The lowest BCUT2D eigenvalue weighted by Crippen LogP contribution is -2.32. The summed E-state index contributed by atoms with van der Waals surface area (Å²) in [4.78, 5) is 27.5. The second-order valence-corrected chi connectivity index (χ2v) is 8.83. The Balaban J connectivity index is 1.46. The molecule has 0 N–H and O–H groups in total. The summed E-state index contributed by atoms with van der Waals surface area (Å²) >= 11 is 7.57. The standard InChI is InChI=1S/C23H23ClN4O3S/c1-27-21(19-8-5-13-28(19)22(30)17-6-3-4-7-18(17)24)25-26-23(27)32-14-20(29)15-9-11-16(31-2)12-10-15/h3-4,6-7,9-12,19H,5,8,13-14H2,1-2H3. The Hall–Kier alpha value is -2.84. The number of amides is 1. The molecule has 2 heterocycles. The average Bonchev–Trinajstić information content (AvgIpc) is 3.44. The molecule has 0 radical (unpaired) electrons. The van der Waals surface area contributed by atoms with E-state index in [1.807, 2.05) is 16.5 Å². The van der Waals surface area contributed by atoms with E-state index in [-0.39, 0.29) is 23.5 Å². The van der Waals surface area contributed by atoms with E-state index in [4.69, 9.17) is 16.3 Å². The molecule has 1 aliphatic rings. The van der Waals surface area contributed by atoms with Crippen molar-refractivity contribution in [1.82, 2.24) is 19.7 Å². The van der Waals surface area contributed by atoms with Gasteiger partial charge in [0.15, 0.2) is 16.8 Å². The normalized spacial score (nSPS) is 15.7. The number of aromatic nitrogens is 3. The lowest BCUT2D eigenvalue weighted by Gasteiger charge is -2.24. The second kappa shape index (κ2) is 9.75. The van der Waals surface area contributed by atoms with Gasteiger partial charge in [-0.3, -0.25) is 9.59 Å². The predicted molar refractivity (Wildman–Crippen MR) is 124 cm³/mol. The van der Waals surface area contributed by atoms with Crippen LogP contribution < -0.4 is 4.74 Å². The molecule has 166 valence electrons. The average molecular weight is 471 g/mol. The number of carbonyl (C=O) groups excluding carboxylic acids is 2. The number of ketones is 1. The summed E-state index contributed by atoms with van der Waals surface area (Å²) in [6, 6.07) is 13.9. The number of halogens is 1. The molecule has 1 aliphatic heterocycles. The highest BCUT2D eigenvalue weighted by Gasteiger charge is 2.34. The quantitative estimate of drug-likeness (QED) is 0.375.